The highest BCUT2D eigenvalue weighted by atomic mass is 35.5. The van der Waals surface area contributed by atoms with Crippen molar-refractivity contribution in [2.24, 2.45) is 7.05 Å². The van der Waals surface area contributed by atoms with E-state index in [0.29, 0.717) is 16.5 Å². The van der Waals surface area contributed by atoms with Gasteiger partial charge in [-0.05, 0) is 35.0 Å². The highest BCUT2D eigenvalue weighted by molar-refractivity contribution is 6.33. The Bertz CT molecular complexity index is 790. The van der Waals surface area contributed by atoms with Gasteiger partial charge in [0.25, 0.3) is 0 Å². The number of nitrogens with zero attached hydrogens (tertiary/aromatic N) is 6. The lowest BCUT2D eigenvalue weighted by atomic mass is 10.2. The van der Waals surface area contributed by atoms with Gasteiger partial charge in [0.15, 0.2) is 5.82 Å². The molecule has 21 heavy (non-hydrogen) atoms. The second kappa shape index (κ2) is 5.17. The molecule has 0 spiro atoms. The molecule has 108 valence electrons. The summed E-state index contributed by atoms with van der Waals surface area (Å²) in [6.07, 6.45) is 2.66. The van der Waals surface area contributed by atoms with E-state index in [1.807, 2.05) is 26.2 Å². The van der Waals surface area contributed by atoms with Gasteiger partial charge in [0.05, 0.1) is 16.9 Å². The Morgan fingerprint density at radius 1 is 1.33 bits per heavy atom. The molecule has 3 aromatic rings. The van der Waals surface area contributed by atoms with Crippen molar-refractivity contribution < 1.29 is 0 Å². The van der Waals surface area contributed by atoms with Crippen LogP contribution in [0.1, 0.15) is 12.6 Å². The molecule has 1 aromatic carbocycles. The summed E-state index contributed by atoms with van der Waals surface area (Å²) in [6, 6.07) is 5.26. The highest BCUT2D eigenvalue weighted by Crippen LogP contribution is 2.29. The number of benzene rings is 1. The summed E-state index contributed by atoms with van der Waals surface area (Å²) in [5.74, 6) is 0.558. The van der Waals surface area contributed by atoms with E-state index in [4.69, 9.17) is 17.3 Å². The van der Waals surface area contributed by atoms with E-state index in [1.165, 1.54) is 0 Å². The predicted octanol–water partition coefficient (Wildman–Crippen LogP) is 1.86. The predicted molar refractivity (Wildman–Crippen MR) is 80.2 cm³/mol. The number of anilines is 1. The minimum Gasteiger partial charge on any atom is -0.399 e. The fraction of sp³-hybridized carbons (Fsp3) is 0.231. The van der Waals surface area contributed by atoms with Crippen LogP contribution in [0, 0.1) is 0 Å². The molecule has 0 radical (unpaired) electrons. The van der Waals surface area contributed by atoms with E-state index < -0.39 is 0 Å². The average Bonchev–Trinajstić information content (AvgIpc) is 3.04. The van der Waals surface area contributed by atoms with E-state index >= 15 is 0 Å². The van der Waals surface area contributed by atoms with Crippen molar-refractivity contribution in [1.82, 2.24) is 30.0 Å². The minimum absolute atomic E-state index is 0.507. The number of halogens is 1. The molecule has 0 fully saturated rings. The molecule has 3 rings (SSSR count). The normalized spacial score (nSPS) is 11.0. The quantitative estimate of drug-likeness (QED) is 0.746. The number of tetrazole rings is 1. The molecule has 0 unspecified atom stereocenters. The molecule has 2 heterocycles. The summed E-state index contributed by atoms with van der Waals surface area (Å²) in [4.78, 5) is 0. The Kier molecular flexibility index (Phi) is 3.34. The van der Waals surface area contributed by atoms with E-state index in [9.17, 15) is 0 Å². The van der Waals surface area contributed by atoms with Crippen molar-refractivity contribution in [3.63, 3.8) is 0 Å². The van der Waals surface area contributed by atoms with E-state index in [0.717, 1.165) is 23.4 Å². The molecule has 0 aliphatic carbocycles. The third kappa shape index (κ3) is 2.36. The fourth-order valence-electron chi connectivity index (χ4n) is 2.18. The maximum atomic E-state index is 6.25. The van der Waals surface area contributed by atoms with Gasteiger partial charge in [-0.25, -0.2) is 0 Å². The summed E-state index contributed by atoms with van der Waals surface area (Å²) in [5.41, 5.74) is 8.80. The summed E-state index contributed by atoms with van der Waals surface area (Å²) in [5, 5.41) is 16.8. The second-order valence-corrected chi connectivity index (χ2v) is 5.05. The average molecular weight is 304 g/mol. The van der Waals surface area contributed by atoms with Gasteiger partial charge in [-0.3, -0.25) is 4.68 Å². The Balaban J connectivity index is 2.17. The summed E-state index contributed by atoms with van der Waals surface area (Å²) < 4.78 is 3.38. The summed E-state index contributed by atoms with van der Waals surface area (Å²) in [7, 11) is 1.86. The van der Waals surface area contributed by atoms with E-state index in [1.54, 1.807) is 21.5 Å². The number of aromatic nitrogens is 6. The number of rotatable bonds is 3. The Labute approximate surface area is 126 Å². The molecule has 0 aliphatic rings. The third-order valence-corrected chi connectivity index (χ3v) is 3.46. The van der Waals surface area contributed by atoms with Crippen molar-refractivity contribution >= 4 is 17.3 Å². The molecule has 0 saturated carbocycles. The van der Waals surface area contributed by atoms with Crippen LogP contribution in [0.5, 0.6) is 0 Å². The van der Waals surface area contributed by atoms with Crippen LogP contribution in [-0.4, -0.2) is 30.0 Å². The largest absolute Gasteiger partial charge is 0.399 e. The van der Waals surface area contributed by atoms with E-state index in [2.05, 4.69) is 20.6 Å². The molecule has 2 N–H and O–H groups in total. The Morgan fingerprint density at radius 3 is 2.86 bits per heavy atom. The van der Waals surface area contributed by atoms with E-state index in [-0.39, 0.29) is 0 Å². The first-order valence-corrected chi connectivity index (χ1v) is 6.84. The zero-order chi connectivity index (χ0) is 15.0. The maximum Gasteiger partial charge on any atom is 0.188 e. The highest BCUT2D eigenvalue weighted by Gasteiger charge is 2.17. The molecule has 0 atom stereocenters. The molecule has 0 aliphatic heterocycles. The van der Waals surface area contributed by atoms with Gasteiger partial charge < -0.3 is 5.73 Å². The van der Waals surface area contributed by atoms with Crippen LogP contribution in [0.3, 0.4) is 0 Å². The fourth-order valence-corrected chi connectivity index (χ4v) is 2.45. The molecule has 0 bridgehead atoms. The Morgan fingerprint density at radius 2 is 2.14 bits per heavy atom. The van der Waals surface area contributed by atoms with Crippen molar-refractivity contribution in [3.8, 4) is 17.1 Å². The number of hydrogen-bond acceptors (Lipinski definition) is 5. The number of hydrogen-bond donors (Lipinski definition) is 1. The maximum absolute atomic E-state index is 6.25. The van der Waals surface area contributed by atoms with Crippen molar-refractivity contribution in [1.29, 1.82) is 0 Å². The minimum atomic E-state index is 0.507. The van der Waals surface area contributed by atoms with Crippen LogP contribution in [0.15, 0.2) is 24.4 Å². The van der Waals surface area contributed by atoms with Gasteiger partial charge in [-0.15, -0.1) is 5.10 Å². The van der Waals surface area contributed by atoms with Crippen molar-refractivity contribution in [2.75, 3.05) is 5.73 Å². The Hall–Kier alpha value is -2.41. The molecule has 2 aromatic heterocycles. The molecule has 8 heteroatoms. The van der Waals surface area contributed by atoms with Crippen LogP contribution < -0.4 is 5.73 Å². The van der Waals surface area contributed by atoms with Gasteiger partial charge in [0.2, 0.25) is 0 Å². The van der Waals surface area contributed by atoms with Crippen LogP contribution in [0.2, 0.25) is 5.02 Å². The summed E-state index contributed by atoms with van der Waals surface area (Å²) in [6.45, 7) is 2.03. The second-order valence-electron chi connectivity index (χ2n) is 4.64. The SMILES string of the molecule is CCc1nn(C)cc1-n1nnnc1-c1ccc(N)cc1Cl. The smallest absolute Gasteiger partial charge is 0.188 e. The van der Waals surface area contributed by atoms with Crippen LogP contribution in [0.25, 0.3) is 17.1 Å². The third-order valence-electron chi connectivity index (χ3n) is 3.15. The molecule has 0 saturated heterocycles. The van der Waals surface area contributed by atoms with Gasteiger partial charge >= 0.3 is 0 Å². The van der Waals surface area contributed by atoms with Gasteiger partial charge in [0.1, 0.15) is 5.69 Å². The van der Waals surface area contributed by atoms with Crippen LogP contribution >= 0.6 is 11.6 Å². The lowest BCUT2D eigenvalue weighted by Crippen LogP contribution is -2.02. The zero-order valence-electron chi connectivity index (χ0n) is 11.7. The summed E-state index contributed by atoms with van der Waals surface area (Å²) >= 11 is 6.25. The number of nitrogen functional groups attached to an aromatic ring is 1. The lowest BCUT2D eigenvalue weighted by Gasteiger charge is -2.06. The first-order valence-electron chi connectivity index (χ1n) is 6.46. The lowest BCUT2D eigenvalue weighted by molar-refractivity contribution is 0.746. The van der Waals surface area contributed by atoms with Crippen molar-refractivity contribution in [2.45, 2.75) is 13.3 Å². The zero-order valence-corrected chi connectivity index (χ0v) is 12.4. The van der Waals surface area contributed by atoms with Gasteiger partial charge in [0, 0.05) is 18.3 Å². The number of nitrogens with two attached hydrogens (primary N) is 1. The molecular formula is C13H14ClN7. The number of aryl methyl sites for hydroxylation is 2. The van der Waals surface area contributed by atoms with Crippen molar-refractivity contribution in [3.05, 3.63) is 35.1 Å². The first kappa shape index (κ1) is 13.6. The van der Waals surface area contributed by atoms with Gasteiger partial charge in [-0.1, -0.05) is 18.5 Å². The van der Waals surface area contributed by atoms with Gasteiger partial charge in [-0.2, -0.15) is 9.78 Å². The molecule has 7 nitrogen and oxygen atoms in total. The van der Waals surface area contributed by atoms with Crippen LogP contribution in [0.4, 0.5) is 5.69 Å². The molecular weight excluding hydrogens is 290 g/mol. The topological polar surface area (TPSA) is 87.4 Å². The monoisotopic (exact) mass is 303 g/mol. The molecule has 0 amide bonds. The standard InChI is InChI=1S/C13H14ClN7/c1-3-11-12(7-20(2)17-11)21-13(16-18-19-21)9-5-4-8(15)6-10(9)14/h4-7H,3,15H2,1-2H3. The first-order chi connectivity index (χ1) is 10.1. The van der Waals surface area contributed by atoms with Crippen LogP contribution in [-0.2, 0) is 13.5 Å².